The van der Waals surface area contributed by atoms with Gasteiger partial charge in [-0.3, -0.25) is 0 Å². The number of rotatable bonds is 3. The largest absolute Gasteiger partial charge is 0.328 e. The zero-order chi connectivity index (χ0) is 16.4. The van der Waals surface area contributed by atoms with E-state index in [9.17, 15) is 0 Å². The summed E-state index contributed by atoms with van der Waals surface area (Å²) in [5.74, 6) is 1.79. The van der Waals surface area contributed by atoms with E-state index in [1.807, 2.05) is 6.20 Å². The van der Waals surface area contributed by atoms with Gasteiger partial charge < -0.3 is 9.80 Å². The third kappa shape index (κ3) is 3.03. The van der Waals surface area contributed by atoms with Crippen LogP contribution in [0.4, 0.5) is 11.5 Å². The summed E-state index contributed by atoms with van der Waals surface area (Å²) in [5, 5.41) is 0. The number of aromatic nitrogens is 1. The van der Waals surface area contributed by atoms with Gasteiger partial charge in [-0.05, 0) is 55.5 Å². The zero-order valence-corrected chi connectivity index (χ0v) is 14.4. The summed E-state index contributed by atoms with van der Waals surface area (Å²) in [7, 11) is 0. The molecule has 2 aromatic rings. The van der Waals surface area contributed by atoms with Crippen molar-refractivity contribution in [3.05, 3.63) is 66.1 Å². The van der Waals surface area contributed by atoms with Gasteiger partial charge in [0.2, 0.25) is 0 Å². The number of nitrogens with zero attached hydrogens (tertiary/aromatic N) is 3. The van der Waals surface area contributed by atoms with E-state index in [4.69, 9.17) is 0 Å². The molecule has 1 aliphatic heterocycles. The summed E-state index contributed by atoms with van der Waals surface area (Å²) in [6.07, 6.45) is 11.0. The van der Waals surface area contributed by atoms with Crippen molar-refractivity contribution < 1.29 is 0 Å². The van der Waals surface area contributed by atoms with Gasteiger partial charge in [0.25, 0.3) is 0 Å². The smallest absolute Gasteiger partial charge is 0.134 e. The normalized spacial score (nSPS) is 18.8. The Balaban J connectivity index is 1.55. The van der Waals surface area contributed by atoms with Crippen molar-refractivity contribution in [3.63, 3.8) is 0 Å². The molecular formula is C21H25N3. The van der Waals surface area contributed by atoms with Gasteiger partial charge in [-0.1, -0.05) is 37.5 Å². The Morgan fingerprint density at radius 3 is 2.58 bits per heavy atom. The topological polar surface area (TPSA) is 19.4 Å². The third-order valence-electron chi connectivity index (χ3n) is 5.27. The number of benzene rings is 1. The van der Waals surface area contributed by atoms with Crippen LogP contribution in [-0.4, -0.2) is 11.7 Å². The van der Waals surface area contributed by atoms with Gasteiger partial charge in [0, 0.05) is 23.8 Å². The minimum atomic E-state index is 0.720. The van der Waals surface area contributed by atoms with Crippen LogP contribution >= 0.6 is 0 Å². The number of hydrogen-bond acceptors (Lipinski definition) is 3. The van der Waals surface area contributed by atoms with Crippen molar-refractivity contribution in [2.45, 2.75) is 44.9 Å². The van der Waals surface area contributed by atoms with E-state index in [0.717, 1.165) is 18.4 Å². The fourth-order valence-corrected chi connectivity index (χ4v) is 3.90. The Kier molecular flexibility index (Phi) is 4.24. The second kappa shape index (κ2) is 6.68. The van der Waals surface area contributed by atoms with Crippen molar-refractivity contribution >= 4 is 11.5 Å². The summed E-state index contributed by atoms with van der Waals surface area (Å²) >= 11 is 0. The van der Waals surface area contributed by atoms with Crippen LogP contribution in [0, 0.1) is 0 Å². The monoisotopic (exact) mass is 319 g/mol. The Morgan fingerprint density at radius 1 is 1.00 bits per heavy atom. The molecule has 0 atom stereocenters. The van der Waals surface area contributed by atoms with E-state index in [-0.39, 0.29) is 0 Å². The van der Waals surface area contributed by atoms with Gasteiger partial charge in [0.1, 0.15) is 12.5 Å². The van der Waals surface area contributed by atoms with Gasteiger partial charge in [-0.2, -0.15) is 0 Å². The average Bonchev–Trinajstić information content (AvgIpc) is 3.05. The molecule has 0 unspecified atom stereocenters. The molecule has 124 valence electrons. The molecule has 1 aliphatic carbocycles. The number of anilines is 2. The first-order valence-electron chi connectivity index (χ1n) is 9.05. The summed E-state index contributed by atoms with van der Waals surface area (Å²) in [5.41, 5.74) is 3.93. The minimum Gasteiger partial charge on any atom is -0.328 e. The highest BCUT2D eigenvalue weighted by Crippen LogP contribution is 2.34. The summed E-state index contributed by atoms with van der Waals surface area (Å²) in [6.45, 7) is 2.99. The molecule has 1 aromatic carbocycles. The molecule has 0 N–H and O–H groups in total. The first-order valence-corrected chi connectivity index (χ1v) is 9.05. The summed E-state index contributed by atoms with van der Waals surface area (Å²) in [6, 6.07) is 15.1. The lowest BCUT2D eigenvalue weighted by Gasteiger charge is -2.25. The van der Waals surface area contributed by atoms with Crippen molar-refractivity contribution in [2.24, 2.45) is 0 Å². The van der Waals surface area contributed by atoms with Crippen molar-refractivity contribution in [2.75, 3.05) is 16.5 Å². The SMILES string of the molecule is CC1=CN(c2ccccc2)CN1c1cc(C2CCCCC2)ccn1. The van der Waals surface area contributed by atoms with Gasteiger partial charge in [0.05, 0.1) is 0 Å². The summed E-state index contributed by atoms with van der Waals surface area (Å²) in [4.78, 5) is 9.24. The Bertz CT molecular complexity index is 717. The molecule has 4 rings (SSSR count). The zero-order valence-electron chi connectivity index (χ0n) is 14.4. The average molecular weight is 319 g/mol. The molecule has 1 aromatic heterocycles. The van der Waals surface area contributed by atoms with Crippen LogP contribution in [0.15, 0.2) is 60.6 Å². The summed E-state index contributed by atoms with van der Waals surface area (Å²) < 4.78 is 0. The second-order valence-corrected chi connectivity index (χ2v) is 6.93. The van der Waals surface area contributed by atoms with Crippen molar-refractivity contribution in [1.29, 1.82) is 0 Å². The van der Waals surface area contributed by atoms with E-state index in [1.165, 1.54) is 49.1 Å². The third-order valence-corrected chi connectivity index (χ3v) is 5.27. The number of hydrogen-bond donors (Lipinski definition) is 0. The lowest BCUT2D eigenvalue weighted by molar-refractivity contribution is 0.443. The molecule has 3 nitrogen and oxygen atoms in total. The van der Waals surface area contributed by atoms with Crippen LogP contribution in [0.25, 0.3) is 0 Å². The van der Waals surface area contributed by atoms with Gasteiger partial charge >= 0.3 is 0 Å². The lowest BCUT2D eigenvalue weighted by Crippen LogP contribution is -2.26. The highest BCUT2D eigenvalue weighted by molar-refractivity contribution is 5.59. The molecule has 0 radical (unpaired) electrons. The van der Waals surface area contributed by atoms with Crippen LogP contribution < -0.4 is 9.80 Å². The number of allylic oxidation sites excluding steroid dienone is 1. The standard InChI is InChI=1S/C21H25N3/c1-17-15-23(20-10-6-3-7-11-20)16-24(17)21-14-19(12-13-22-21)18-8-4-2-5-9-18/h3,6-7,10-15,18H,2,4-5,8-9,16H2,1H3. The Morgan fingerprint density at radius 2 is 1.79 bits per heavy atom. The maximum Gasteiger partial charge on any atom is 0.134 e. The molecular weight excluding hydrogens is 294 g/mol. The van der Waals surface area contributed by atoms with Crippen LogP contribution in [0.5, 0.6) is 0 Å². The van der Waals surface area contributed by atoms with Gasteiger partial charge in [-0.15, -0.1) is 0 Å². The molecule has 24 heavy (non-hydrogen) atoms. The molecule has 0 amide bonds. The highest BCUT2D eigenvalue weighted by Gasteiger charge is 2.23. The highest BCUT2D eigenvalue weighted by atomic mass is 15.4. The van der Waals surface area contributed by atoms with E-state index in [2.05, 4.69) is 70.4 Å². The predicted octanol–water partition coefficient (Wildman–Crippen LogP) is 5.27. The maximum absolute atomic E-state index is 4.65. The molecule has 1 fully saturated rings. The second-order valence-electron chi connectivity index (χ2n) is 6.93. The van der Waals surface area contributed by atoms with Gasteiger partial charge in [0.15, 0.2) is 0 Å². The molecule has 2 aliphatic rings. The van der Waals surface area contributed by atoms with Crippen LogP contribution in [-0.2, 0) is 0 Å². The Hall–Kier alpha value is -2.29. The molecule has 0 bridgehead atoms. The van der Waals surface area contributed by atoms with E-state index >= 15 is 0 Å². The first-order chi connectivity index (χ1) is 11.8. The minimum absolute atomic E-state index is 0.720. The number of pyridine rings is 1. The van der Waals surface area contributed by atoms with Crippen molar-refractivity contribution in [1.82, 2.24) is 4.98 Å². The van der Waals surface area contributed by atoms with E-state index in [1.54, 1.807) is 0 Å². The van der Waals surface area contributed by atoms with Crippen molar-refractivity contribution in [3.8, 4) is 0 Å². The van der Waals surface area contributed by atoms with E-state index in [0.29, 0.717) is 0 Å². The fourth-order valence-electron chi connectivity index (χ4n) is 3.90. The molecule has 0 spiro atoms. The lowest BCUT2D eigenvalue weighted by atomic mass is 9.84. The molecule has 1 saturated carbocycles. The molecule has 0 saturated heterocycles. The Labute approximate surface area is 144 Å². The predicted molar refractivity (Wildman–Crippen MR) is 100 cm³/mol. The van der Waals surface area contributed by atoms with Crippen LogP contribution in [0.1, 0.15) is 50.5 Å². The first kappa shape index (κ1) is 15.3. The molecule has 3 heteroatoms. The van der Waals surface area contributed by atoms with E-state index < -0.39 is 0 Å². The van der Waals surface area contributed by atoms with Gasteiger partial charge in [-0.25, -0.2) is 4.98 Å². The van der Waals surface area contributed by atoms with Crippen LogP contribution in [0.3, 0.4) is 0 Å². The molecule has 2 heterocycles. The fraction of sp³-hybridized carbons (Fsp3) is 0.381. The quantitative estimate of drug-likeness (QED) is 0.768. The van der Waals surface area contributed by atoms with Crippen LogP contribution in [0.2, 0.25) is 0 Å². The number of para-hydroxylation sites is 1. The maximum atomic E-state index is 4.65.